The highest BCUT2D eigenvalue weighted by atomic mass is 16.5. The lowest BCUT2D eigenvalue weighted by molar-refractivity contribution is 0.233. The van der Waals surface area contributed by atoms with Crippen molar-refractivity contribution >= 4 is 5.69 Å². The summed E-state index contributed by atoms with van der Waals surface area (Å²) in [5.41, 5.74) is 2.04. The molecule has 5 nitrogen and oxygen atoms in total. The fourth-order valence-corrected chi connectivity index (χ4v) is 3.50. The molecule has 1 saturated heterocycles. The van der Waals surface area contributed by atoms with Crippen molar-refractivity contribution in [2.24, 2.45) is 0 Å². The second kappa shape index (κ2) is 10.2. The van der Waals surface area contributed by atoms with E-state index in [0.29, 0.717) is 6.61 Å². The van der Waals surface area contributed by atoms with Gasteiger partial charge in [0.1, 0.15) is 11.5 Å². The molecule has 1 aliphatic heterocycles. The largest absolute Gasteiger partial charge is 0.495 e. The van der Waals surface area contributed by atoms with E-state index in [1.807, 2.05) is 36.4 Å². The summed E-state index contributed by atoms with van der Waals surface area (Å²) in [4.78, 5) is 4.93. The standard InChI is InChI=1S/C22H30N2O3/c1-26-22-11-5-3-9-20(22)24-15-13-23(14-16-24)12-6-7-17-27-21-10-4-2-8-19(21)18-25/h2-5,8-11,25H,6-7,12-18H2,1H3. The number of hydrogen-bond acceptors (Lipinski definition) is 5. The highest BCUT2D eigenvalue weighted by molar-refractivity contribution is 5.58. The van der Waals surface area contributed by atoms with Crippen LogP contribution in [0, 0.1) is 0 Å². The van der Waals surface area contributed by atoms with Crippen LogP contribution in [0.1, 0.15) is 18.4 Å². The third-order valence-electron chi connectivity index (χ3n) is 5.07. The highest BCUT2D eigenvalue weighted by Crippen LogP contribution is 2.28. The molecular formula is C22H30N2O3. The quantitative estimate of drug-likeness (QED) is 0.687. The number of aliphatic hydroxyl groups excluding tert-OH is 1. The first-order valence-electron chi connectivity index (χ1n) is 9.73. The van der Waals surface area contributed by atoms with Crippen molar-refractivity contribution in [2.75, 3.05) is 51.3 Å². The van der Waals surface area contributed by atoms with E-state index in [0.717, 1.165) is 62.6 Å². The van der Waals surface area contributed by atoms with Crippen LogP contribution in [0.15, 0.2) is 48.5 Å². The van der Waals surface area contributed by atoms with Gasteiger partial charge in [-0.25, -0.2) is 0 Å². The summed E-state index contributed by atoms with van der Waals surface area (Å²) in [7, 11) is 1.73. The summed E-state index contributed by atoms with van der Waals surface area (Å²) in [6, 6.07) is 15.9. The average molecular weight is 370 g/mol. The van der Waals surface area contributed by atoms with Gasteiger partial charge in [-0.2, -0.15) is 0 Å². The van der Waals surface area contributed by atoms with Gasteiger partial charge in [-0.3, -0.25) is 4.90 Å². The van der Waals surface area contributed by atoms with Crippen molar-refractivity contribution in [3.8, 4) is 11.5 Å². The summed E-state index contributed by atoms with van der Waals surface area (Å²) in [5.74, 6) is 1.75. The fourth-order valence-electron chi connectivity index (χ4n) is 3.50. The molecule has 2 aromatic carbocycles. The first kappa shape index (κ1) is 19.5. The van der Waals surface area contributed by atoms with E-state index >= 15 is 0 Å². The van der Waals surface area contributed by atoms with E-state index in [2.05, 4.69) is 21.9 Å². The van der Waals surface area contributed by atoms with E-state index in [1.54, 1.807) is 7.11 Å². The van der Waals surface area contributed by atoms with Crippen LogP contribution in [0.4, 0.5) is 5.69 Å². The van der Waals surface area contributed by atoms with E-state index in [9.17, 15) is 5.11 Å². The molecule has 0 atom stereocenters. The predicted molar refractivity (Wildman–Crippen MR) is 109 cm³/mol. The van der Waals surface area contributed by atoms with Crippen molar-refractivity contribution < 1.29 is 14.6 Å². The van der Waals surface area contributed by atoms with Gasteiger partial charge in [0.15, 0.2) is 0 Å². The predicted octanol–water partition coefficient (Wildman–Crippen LogP) is 3.17. The van der Waals surface area contributed by atoms with Crippen LogP contribution in [0.5, 0.6) is 11.5 Å². The summed E-state index contributed by atoms with van der Waals surface area (Å²) >= 11 is 0. The van der Waals surface area contributed by atoms with Crippen LogP contribution >= 0.6 is 0 Å². The van der Waals surface area contributed by atoms with Gasteiger partial charge in [0, 0.05) is 31.7 Å². The van der Waals surface area contributed by atoms with E-state index in [-0.39, 0.29) is 6.61 Å². The average Bonchev–Trinajstić information content (AvgIpc) is 2.74. The number of rotatable bonds is 9. The van der Waals surface area contributed by atoms with Gasteiger partial charge in [0.2, 0.25) is 0 Å². The zero-order valence-corrected chi connectivity index (χ0v) is 16.1. The van der Waals surface area contributed by atoms with Crippen molar-refractivity contribution in [3.63, 3.8) is 0 Å². The minimum Gasteiger partial charge on any atom is -0.495 e. The number of methoxy groups -OCH3 is 1. The molecule has 27 heavy (non-hydrogen) atoms. The summed E-state index contributed by atoms with van der Waals surface area (Å²) in [6.45, 7) is 6.02. The first-order valence-corrected chi connectivity index (χ1v) is 9.73. The van der Waals surface area contributed by atoms with Gasteiger partial charge >= 0.3 is 0 Å². The van der Waals surface area contributed by atoms with Gasteiger partial charge in [0.25, 0.3) is 0 Å². The van der Waals surface area contributed by atoms with E-state index in [1.165, 1.54) is 5.69 Å². The summed E-state index contributed by atoms with van der Waals surface area (Å²) in [6.07, 6.45) is 2.14. The second-order valence-corrected chi connectivity index (χ2v) is 6.82. The van der Waals surface area contributed by atoms with Crippen LogP contribution in [0.25, 0.3) is 0 Å². The number of unbranched alkanes of at least 4 members (excludes halogenated alkanes) is 1. The fraction of sp³-hybridized carbons (Fsp3) is 0.455. The molecule has 0 aromatic heterocycles. The van der Waals surface area contributed by atoms with Crippen molar-refractivity contribution in [3.05, 3.63) is 54.1 Å². The smallest absolute Gasteiger partial charge is 0.142 e. The molecule has 3 rings (SSSR count). The molecule has 2 aromatic rings. The number of anilines is 1. The van der Waals surface area contributed by atoms with Crippen molar-refractivity contribution in [1.82, 2.24) is 4.90 Å². The van der Waals surface area contributed by atoms with Crippen LogP contribution in [0.3, 0.4) is 0 Å². The summed E-state index contributed by atoms with van der Waals surface area (Å²) < 4.78 is 11.3. The molecule has 1 aliphatic rings. The molecule has 1 N–H and O–H groups in total. The minimum atomic E-state index is 0.0205. The SMILES string of the molecule is COc1ccccc1N1CCN(CCCCOc2ccccc2CO)CC1. The number of aliphatic hydroxyl groups is 1. The Balaban J connectivity index is 1.35. The maximum atomic E-state index is 9.33. The molecule has 0 amide bonds. The van der Waals surface area contributed by atoms with E-state index < -0.39 is 0 Å². The molecule has 1 fully saturated rings. The minimum absolute atomic E-state index is 0.0205. The van der Waals surface area contributed by atoms with Crippen LogP contribution < -0.4 is 14.4 Å². The molecule has 0 aliphatic carbocycles. The Morgan fingerprint density at radius 3 is 2.33 bits per heavy atom. The van der Waals surface area contributed by atoms with E-state index in [4.69, 9.17) is 9.47 Å². The van der Waals surface area contributed by atoms with Crippen molar-refractivity contribution in [1.29, 1.82) is 0 Å². The van der Waals surface area contributed by atoms with Gasteiger partial charge in [0.05, 0.1) is 26.0 Å². The van der Waals surface area contributed by atoms with Gasteiger partial charge in [-0.1, -0.05) is 30.3 Å². The summed E-state index contributed by atoms with van der Waals surface area (Å²) in [5, 5.41) is 9.33. The highest BCUT2D eigenvalue weighted by Gasteiger charge is 2.19. The lowest BCUT2D eigenvalue weighted by atomic mass is 10.2. The number of piperazine rings is 1. The Labute approximate surface area is 162 Å². The number of benzene rings is 2. The normalized spacial score (nSPS) is 15.0. The lowest BCUT2D eigenvalue weighted by Crippen LogP contribution is -2.46. The Kier molecular flexibility index (Phi) is 7.36. The second-order valence-electron chi connectivity index (χ2n) is 6.82. The topological polar surface area (TPSA) is 45.2 Å². The molecule has 1 heterocycles. The Morgan fingerprint density at radius 1 is 0.889 bits per heavy atom. The third kappa shape index (κ3) is 5.37. The molecule has 146 valence electrons. The van der Waals surface area contributed by atoms with Crippen LogP contribution in [-0.2, 0) is 6.61 Å². The van der Waals surface area contributed by atoms with Gasteiger partial charge in [-0.15, -0.1) is 0 Å². The third-order valence-corrected chi connectivity index (χ3v) is 5.07. The maximum absolute atomic E-state index is 9.33. The number of para-hydroxylation sites is 3. The van der Waals surface area contributed by atoms with Gasteiger partial charge < -0.3 is 19.5 Å². The van der Waals surface area contributed by atoms with Crippen molar-refractivity contribution in [2.45, 2.75) is 19.4 Å². The number of hydrogen-bond donors (Lipinski definition) is 1. The molecule has 0 radical (unpaired) electrons. The van der Waals surface area contributed by atoms with Crippen LogP contribution in [0.2, 0.25) is 0 Å². The number of ether oxygens (including phenoxy) is 2. The molecule has 0 bridgehead atoms. The molecule has 0 saturated carbocycles. The Hall–Kier alpha value is -2.24. The Morgan fingerprint density at radius 2 is 1.59 bits per heavy atom. The zero-order valence-electron chi connectivity index (χ0n) is 16.1. The molecule has 5 heteroatoms. The Bertz CT molecular complexity index is 699. The number of nitrogens with zero attached hydrogens (tertiary/aromatic N) is 2. The maximum Gasteiger partial charge on any atom is 0.142 e. The van der Waals surface area contributed by atoms with Crippen LogP contribution in [-0.4, -0.2) is 56.4 Å². The monoisotopic (exact) mass is 370 g/mol. The lowest BCUT2D eigenvalue weighted by Gasteiger charge is -2.36. The molecule has 0 spiro atoms. The first-order chi connectivity index (χ1) is 13.3. The van der Waals surface area contributed by atoms with Gasteiger partial charge in [-0.05, 0) is 37.6 Å². The molecular weight excluding hydrogens is 340 g/mol. The zero-order chi connectivity index (χ0) is 18.9. The molecule has 0 unspecified atom stereocenters.